The van der Waals surface area contributed by atoms with Crippen LogP contribution in [-0.4, -0.2) is 8.80 Å². The van der Waals surface area contributed by atoms with E-state index in [-0.39, 0.29) is 44.4 Å². The summed E-state index contributed by atoms with van der Waals surface area (Å²) >= 11 is 0. The minimum absolute atomic E-state index is 0. The summed E-state index contributed by atoms with van der Waals surface area (Å²) in [5, 5.41) is 0. The molecule has 2 radical (unpaired) electrons. The summed E-state index contributed by atoms with van der Waals surface area (Å²) in [5.41, 5.74) is 0. The van der Waals surface area contributed by atoms with Gasteiger partial charge in [-0.05, 0) is 0 Å². The van der Waals surface area contributed by atoms with E-state index in [1.165, 1.54) is 18.1 Å². The Labute approximate surface area is 96.4 Å². The van der Waals surface area contributed by atoms with Crippen LogP contribution in [0.15, 0.2) is 0 Å². The third-order valence-corrected chi connectivity index (χ3v) is 4.50. The van der Waals surface area contributed by atoms with Gasteiger partial charge in [0.2, 0.25) is 0 Å². The molecule has 0 saturated carbocycles. The van der Waals surface area contributed by atoms with Crippen LogP contribution in [0.2, 0.25) is 18.1 Å². The molecule has 0 spiro atoms. The van der Waals surface area contributed by atoms with Crippen LogP contribution in [0, 0.1) is 42.5 Å². The summed E-state index contributed by atoms with van der Waals surface area (Å²) in [6.07, 6.45) is 0. The average molecular weight is 283 g/mol. The Bertz CT molecular complexity index is 30.7. The van der Waals surface area contributed by atoms with Crippen LogP contribution in [0.1, 0.15) is 27.7 Å². The third kappa shape index (κ3) is 12.1. The third-order valence-electron chi connectivity index (χ3n) is 1.50. The van der Waals surface area contributed by atoms with Crippen LogP contribution < -0.4 is 0 Å². The molecule has 0 rings (SSSR count). The fourth-order valence-corrected chi connectivity index (χ4v) is 2.25. The fourth-order valence-electron chi connectivity index (χ4n) is 0.750. The maximum Gasteiger partial charge on any atom is 0.0470 e. The van der Waals surface area contributed by atoms with Crippen molar-refractivity contribution in [2.24, 2.45) is 0 Å². The van der Waals surface area contributed by atoms with Crippen LogP contribution in [-0.2, 0) is 0 Å². The van der Waals surface area contributed by atoms with Gasteiger partial charge >= 0.3 is 0 Å². The van der Waals surface area contributed by atoms with Crippen molar-refractivity contribution in [3.05, 3.63) is 6.92 Å². The summed E-state index contributed by atoms with van der Waals surface area (Å²) < 4.78 is 0. The molecule has 0 unspecified atom stereocenters. The van der Waals surface area contributed by atoms with Gasteiger partial charge in [-0.1, -0.05) is 38.9 Å². The van der Waals surface area contributed by atoms with Crippen molar-refractivity contribution in [3.63, 3.8) is 0 Å². The molecular weight excluding hydrogens is 263 g/mol. The zero-order chi connectivity index (χ0) is 7.70. The van der Waals surface area contributed by atoms with Crippen molar-refractivity contribution in [2.75, 3.05) is 0 Å². The molecule has 0 amide bonds. The molecule has 0 bridgehead atoms. The number of hydrogen-bond acceptors (Lipinski definition) is 0. The fraction of sp³-hybridized carbons (Fsp3) is 0.875. The van der Waals surface area contributed by atoms with E-state index in [1.54, 1.807) is 6.92 Å². The number of hydrogen-bond donors (Lipinski definition) is 0. The van der Waals surface area contributed by atoms with Gasteiger partial charge in [0.1, 0.15) is 0 Å². The van der Waals surface area contributed by atoms with Crippen LogP contribution in [0.25, 0.3) is 0 Å². The number of rotatable bonds is 3. The molecule has 0 aliphatic heterocycles. The summed E-state index contributed by atoms with van der Waals surface area (Å²) in [4.78, 5) is 0. The van der Waals surface area contributed by atoms with Gasteiger partial charge < -0.3 is 6.92 Å². The standard InChI is InChI=1S/C6H15Si.C2H5.La/c1-4-7(5-2)6-3;1-2;/h4-6H2,1-3H3;1H2,2H3;/q;-1;. The van der Waals surface area contributed by atoms with Crippen LogP contribution in [0.3, 0.4) is 0 Å². The molecule has 0 aromatic heterocycles. The zero-order valence-corrected chi connectivity index (χ0v) is 12.5. The van der Waals surface area contributed by atoms with Gasteiger partial charge in [0.15, 0.2) is 0 Å². The predicted octanol–water partition coefficient (Wildman–Crippen LogP) is 3.38. The van der Waals surface area contributed by atoms with E-state index in [2.05, 4.69) is 27.7 Å². The summed E-state index contributed by atoms with van der Waals surface area (Å²) in [6.45, 7) is 11.9. The Morgan fingerprint density at radius 2 is 1.10 bits per heavy atom. The minimum atomic E-state index is 0. The van der Waals surface area contributed by atoms with E-state index >= 15 is 0 Å². The first-order valence-electron chi connectivity index (χ1n) is 3.89. The molecule has 0 N–H and O–H groups in total. The topological polar surface area (TPSA) is 0 Å². The van der Waals surface area contributed by atoms with E-state index in [9.17, 15) is 0 Å². The molecule has 10 heavy (non-hydrogen) atoms. The molecule has 0 aliphatic rings. The van der Waals surface area contributed by atoms with Gasteiger partial charge in [-0.15, -0.1) is 0 Å². The zero-order valence-electron chi connectivity index (χ0n) is 7.91. The molecule has 0 aromatic rings. The van der Waals surface area contributed by atoms with Crippen molar-refractivity contribution < 1.29 is 35.6 Å². The Hall–Kier alpha value is 1.41. The van der Waals surface area contributed by atoms with E-state index in [4.69, 9.17) is 0 Å². The summed E-state index contributed by atoms with van der Waals surface area (Å²) in [7, 11) is 0.137. The second-order valence-corrected chi connectivity index (χ2v) is 5.43. The SMILES string of the molecule is CC[Si](CC)CC.[CH2-]C.[La]. The molecule has 0 aromatic carbocycles. The molecule has 0 atom stereocenters. The molecule has 0 saturated heterocycles. The van der Waals surface area contributed by atoms with Gasteiger partial charge in [-0.25, -0.2) is 0 Å². The first-order valence-corrected chi connectivity index (χ1v) is 6.01. The van der Waals surface area contributed by atoms with E-state index in [0.29, 0.717) is 0 Å². The van der Waals surface area contributed by atoms with Gasteiger partial charge in [0.05, 0.1) is 0 Å². The Balaban J connectivity index is -0.000000149. The first-order chi connectivity index (χ1) is 4.35. The van der Waals surface area contributed by atoms with Gasteiger partial charge in [-0.2, -0.15) is 6.92 Å². The van der Waals surface area contributed by atoms with Gasteiger partial charge in [-0.3, -0.25) is 0 Å². The molecule has 0 fully saturated rings. The molecular formula is C8H20LaSi-. The average Bonchev–Trinajstić information content (AvgIpc) is 1.96. The van der Waals surface area contributed by atoms with E-state index in [1.807, 2.05) is 0 Å². The normalized spacial score (nSPS) is 7.80. The largest absolute Gasteiger partial charge is 0.346 e. The van der Waals surface area contributed by atoms with Crippen LogP contribution >= 0.6 is 0 Å². The van der Waals surface area contributed by atoms with Crippen molar-refractivity contribution in [3.8, 4) is 0 Å². The second-order valence-electron chi connectivity index (χ2n) is 1.81. The van der Waals surface area contributed by atoms with Gasteiger partial charge in [0.25, 0.3) is 0 Å². The molecule has 2 heteroatoms. The minimum Gasteiger partial charge on any atom is -0.346 e. The van der Waals surface area contributed by atoms with Crippen molar-refractivity contribution >= 4 is 8.80 Å². The maximum absolute atomic E-state index is 3.25. The van der Waals surface area contributed by atoms with E-state index < -0.39 is 0 Å². The molecule has 60 valence electrons. The summed E-state index contributed by atoms with van der Waals surface area (Å²) in [5.74, 6) is 0. The molecule has 0 heterocycles. The predicted molar refractivity (Wildman–Crippen MR) is 48.2 cm³/mol. The summed E-state index contributed by atoms with van der Waals surface area (Å²) in [6, 6.07) is 4.37. The maximum atomic E-state index is 3.25. The second kappa shape index (κ2) is 16.8. The van der Waals surface area contributed by atoms with E-state index in [0.717, 1.165) is 0 Å². The van der Waals surface area contributed by atoms with Crippen LogP contribution in [0.5, 0.6) is 0 Å². The van der Waals surface area contributed by atoms with Crippen molar-refractivity contribution in [2.45, 2.75) is 45.8 Å². The quantitative estimate of drug-likeness (QED) is 0.550. The Kier molecular flexibility index (Phi) is 29.4. The first kappa shape index (κ1) is 17.5. The van der Waals surface area contributed by atoms with Crippen molar-refractivity contribution in [1.29, 1.82) is 0 Å². The van der Waals surface area contributed by atoms with Crippen molar-refractivity contribution in [1.82, 2.24) is 0 Å². The Morgan fingerprint density at radius 1 is 0.900 bits per heavy atom. The molecule has 0 nitrogen and oxygen atoms in total. The monoisotopic (exact) mass is 283 g/mol. The van der Waals surface area contributed by atoms with Crippen LogP contribution in [0.4, 0.5) is 0 Å². The molecule has 0 aliphatic carbocycles. The van der Waals surface area contributed by atoms with Gasteiger partial charge in [0, 0.05) is 44.4 Å². The Morgan fingerprint density at radius 3 is 1.10 bits per heavy atom. The smallest absolute Gasteiger partial charge is 0.0470 e.